The predicted molar refractivity (Wildman–Crippen MR) is 94.8 cm³/mol. The Morgan fingerprint density at radius 3 is 2.56 bits per heavy atom. The number of nitrogens with one attached hydrogen (secondary N) is 1. The highest BCUT2D eigenvalue weighted by Crippen LogP contribution is 2.62. The standard InChI is InChI=1S/C20H32N2O3/c1-14(23)25-20-9-16-6-17(10-20)8-19(7-16,13-20)18(24)21-11-15-4-3-5-22(2)12-15/h15-17H,3-13H2,1-2H3,(H,21,24)/t15-,16-,17+,19?,20?/m1/s1. The minimum absolute atomic E-state index is 0.192. The van der Waals surface area contributed by atoms with Crippen LogP contribution in [0.3, 0.4) is 0 Å². The second kappa shape index (κ2) is 6.26. The van der Waals surface area contributed by atoms with E-state index in [4.69, 9.17) is 4.74 Å². The Morgan fingerprint density at radius 2 is 1.92 bits per heavy atom. The zero-order chi connectivity index (χ0) is 17.7. The van der Waals surface area contributed by atoms with Crippen LogP contribution in [-0.4, -0.2) is 49.1 Å². The maximum atomic E-state index is 13.2. The molecule has 1 amide bonds. The van der Waals surface area contributed by atoms with Gasteiger partial charge in [-0.05, 0) is 76.3 Å². The van der Waals surface area contributed by atoms with Crippen molar-refractivity contribution in [3.8, 4) is 0 Å². The zero-order valence-electron chi connectivity index (χ0n) is 15.7. The van der Waals surface area contributed by atoms with Gasteiger partial charge >= 0.3 is 5.97 Å². The molecule has 1 N–H and O–H groups in total. The van der Waals surface area contributed by atoms with Crippen molar-refractivity contribution in [3.05, 3.63) is 0 Å². The van der Waals surface area contributed by atoms with E-state index in [2.05, 4.69) is 17.3 Å². The number of piperidine rings is 1. The number of hydrogen-bond acceptors (Lipinski definition) is 4. The smallest absolute Gasteiger partial charge is 0.303 e. The molecule has 5 atom stereocenters. The van der Waals surface area contributed by atoms with Gasteiger partial charge in [0.2, 0.25) is 5.91 Å². The van der Waals surface area contributed by atoms with Crippen molar-refractivity contribution < 1.29 is 14.3 Å². The first-order chi connectivity index (χ1) is 11.9. The molecule has 4 saturated carbocycles. The van der Waals surface area contributed by atoms with Gasteiger partial charge in [0.15, 0.2) is 0 Å². The molecule has 1 aliphatic heterocycles. The molecule has 0 aromatic carbocycles. The monoisotopic (exact) mass is 348 g/mol. The minimum atomic E-state index is -0.363. The van der Waals surface area contributed by atoms with Crippen LogP contribution in [-0.2, 0) is 14.3 Å². The molecule has 25 heavy (non-hydrogen) atoms. The molecular formula is C20H32N2O3. The number of carbonyl (C=O) groups is 2. The van der Waals surface area contributed by atoms with E-state index in [-0.39, 0.29) is 22.9 Å². The minimum Gasteiger partial charge on any atom is -0.459 e. The van der Waals surface area contributed by atoms with E-state index in [1.807, 2.05) is 0 Å². The van der Waals surface area contributed by atoms with Crippen molar-refractivity contribution in [2.45, 2.75) is 63.9 Å². The summed E-state index contributed by atoms with van der Waals surface area (Å²) in [5, 5.41) is 3.29. The molecule has 5 fully saturated rings. The van der Waals surface area contributed by atoms with Gasteiger partial charge in [-0.3, -0.25) is 9.59 Å². The SMILES string of the molecule is CC(=O)OC12C[C@H]3C[C@@H](C1)CC(C(=O)NC[C@H]1CCCN(C)C1)(C3)C2. The Bertz CT molecular complexity index is 547. The fourth-order valence-electron chi connectivity index (χ4n) is 6.73. The number of ether oxygens (including phenoxy) is 1. The Labute approximate surface area is 150 Å². The molecule has 0 radical (unpaired) electrons. The fourth-order valence-corrected chi connectivity index (χ4v) is 6.73. The molecule has 0 aromatic rings. The number of carbonyl (C=O) groups excluding carboxylic acids is 2. The topological polar surface area (TPSA) is 58.6 Å². The first kappa shape index (κ1) is 17.3. The van der Waals surface area contributed by atoms with E-state index in [0.717, 1.165) is 45.2 Å². The summed E-state index contributed by atoms with van der Waals surface area (Å²) >= 11 is 0. The van der Waals surface area contributed by atoms with Gasteiger partial charge in [0.25, 0.3) is 0 Å². The van der Waals surface area contributed by atoms with Gasteiger partial charge in [-0.1, -0.05) is 0 Å². The average Bonchev–Trinajstić information content (AvgIpc) is 2.50. The molecule has 5 heteroatoms. The van der Waals surface area contributed by atoms with Crippen molar-refractivity contribution >= 4 is 11.9 Å². The van der Waals surface area contributed by atoms with Crippen LogP contribution >= 0.6 is 0 Å². The highest BCUT2D eigenvalue weighted by atomic mass is 16.6. The quantitative estimate of drug-likeness (QED) is 0.793. The number of nitrogens with zero attached hydrogens (tertiary/aromatic N) is 1. The van der Waals surface area contributed by atoms with Crippen molar-refractivity contribution in [2.75, 3.05) is 26.7 Å². The van der Waals surface area contributed by atoms with Crippen LogP contribution in [0.2, 0.25) is 0 Å². The molecule has 2 unspecified atom stereocenters. The van der Waals surface area contributed by atoms with E-state index < -0.39 is 0 Å². The summed E-state index contributed by atoms with van der Waals surface area (Å²) in [6.07, 6.45) is 8.29. The number of rotatable bonds is 4. The van der Waals surface area contributed by atoms with E-state index in [0.29, 0.717) is 17.8 Å². The van der Waals surface area contributed by atoms with E-state index in [1.165, 1.54) is 32.7 Å². The van der Waals surface area contributed by atoms with Crippen LogP contribution < -0.4 is 5.32 Å². The molecule has 5 rings (SSSR count). The van der Waals surface area contributed by atoms with Gasteiger partial charge in [0, 0.05) is 26.4 Å². The molecule has 4 aliphatic carbocycles. The third-order valence-electron chi connectivity index (χ3n) is 7.12. The summed E-state index contributed by atoms with van der Waals surface area (Å²) in [5.74, 6) is 1.70. The summed E-state index contributed by atoms with van der Waals surface area (Å²) < 4.78 is 5.81. The van der Waals surface area contributed by atoms with Crippen LogP contribution in [0.5, 0.6) is 0 Å². The number of likely N-dealkylation sites (tertiary alicyclic amines) is 1. The fraction of sp³-hybridized carbons (Fsp3) is 0.900. The van der Waals surface area contributed by atoms with Crippen molar-refractivity contribution in [3.63, 3.8) is 0 Å². The van der Waals surface area contributed by atoms with Gasteiger partial charge in [-0.15, -0.1) is 0 Å². The molecule has 0 aromatic heterocycles. The van der Waals surface area contributed by atoms with E-state index in [1.54, 1.807) is 0 Å². The average molecular weight is 348 g/mol. The summed E-state index contributed by atoms with van der Waals surface area (Å²) in [6, 6.07) is 0. The Kier molecular flexibility index (Phi) is 4.33. The van der Waals surface area contributed by atoms with Crippen LogP contribution in [0.4, 0.5) is 0 Å². The molecule has 140 valence electrons. The molecule has 1 heterocycles. The van der Waals surface area contributed by atoms with Crippen LogP contribution in [0, 0.1) is 23.2 Å². The third kappa shape index (κ3) is 3.32. The lowest BCUT2D eigenvalue weighted by Crippen LogP contribution is -2.61. The van der Waals surface area contributed by atoms with Gasteiger partial charge in [0.05, 0.1) is 5.41 Å². The van der Waals surface area contributed by atoms with Crippen molar-refractivity contribution in [1.29, 1.82) is 0 Å². The number of hydrogen-bond donors (Lipinski definition) is 1. The van der Waals surface area contributed by atoms with E-state index in [9.17, 15) is 9.59 Å². The van der Waals surface area contributed by atoms with Gasteiger partial charge in [-0.25, -0.2) is 0 Å². The lowest BCUT2D eigenvalue weighted by molar-refractivity contribution is -0.202. The van der Waals surface area contributed by atoms with Crippen molar-refractivity contribution in [2.24, 2.45) is 23.2 Å². The van der Waals surface area contributed by atoms with Crippen LogP contribution in [0.25, 0.3) is 0 Å². The maximum absolute atomic E-state index is 13.2. The van der Waals surface area contributed by atoms with Crippen LogP contribution in [0.15, 0.2) is 0 Å². The van der Waals surface area contributed by atoms with Gasteiger partial charge in [-0.2, -0.15) is 0 Å². The lowest BCUT2D eigenvalue weighted by Gasteiger charge is -2.60. The number of amides is 1. The van der Waals surface area contributed by atoms with Crippen molar-refractivity contribution in [1.82, 2.24) is 10.2 Å². The predicted octanol–water partition coefficient (Wildman–Crippen LogP) is 2.35. The number of esters is 1. The zero-order valence-corrected chi connectivity index (χ0v) is 15.7. The van der Waals surface area contributed by atoms with Gasteiger partial charge < -0.3 is 15.0 Å². The Balaban J connectivity index is 1.43. The first-order valence-electron chi connectivity index (χ1n) is 10.0. The second-order valence-corrected chi connectivity index (χ2v) is 9.50. The van der Waals surface area contributed by atoms with Gasteiger partial charge in [0.1, 0.15) is 5.60 Å². The lowest BCUT2D eigenvalue weighted by atomic mass is 9.47. The first-order valence-corrected chi connectivity index (χ1v) is 10.0. The summed E-state index contributed by atoms with van der Waals surface area (Å²) in [4.78, 5) is 27.2. The third-order valence-corrected chi connectivity index (χ3v) is 7.12. The normalized spacial score (nSPS) is 43.0. The highest BCUT2D eigenvalue weighted by molar-refractivity contribution is 5.83. The molecule has 5 nitrogen and oxygen atoms in total. The summed E-state index contributed by atoms with van der Waals surface area (Å²) in [7, 11) is 2.16. The molecule has 1 saturated heterocycles. The largest absolute Gasteiger partial charge is 0.459 e. The Hall–Kier alpha value is -1.10. The molecule has 4 bridgehead atoms. The Morgan fingerprint density at radius 1 is 1.20 bits per heavy atom. The molecule has 0 spiro atoms. The maximum Gasteiger partial charge on any atom is 0.303 e. The molecule has 5 aliphatic rings. The van der Waals surface area contributed by atoms with E-state index >= 15 is 0 Å². The van der Waals surface area contributed by atoms with Crippen LogP contribution in [0.1, 0.15) is 58.3 Å². The highest BCUT2D eigenvalue weighted by Gasteiger charge is 2.62. The summed E-state index contributed by atoms with van der Waals surface area (Å²) in [6.45, 7) is 4.55. The molecular weight excluding hydrogens is 316 g/mol. The second-order valence-electron chi connectivity index (χ2n) is 9.50. The summed E-state index contributed by atoms with van der Waals surface area (Å²) in [5.41, 5.74) is -0.654.